The lowest BCUT2D eigenvalue weighted by molar-refractivity contribution is -0.120. The minimum absolute atomic E-state index is 0.355. The molecule has 27 heavy (non-hydrogen) atoms. The molecule has 0 fully saturated rings. The maximum atomic E-state index is 13.8. The first kappa shape index (κ1) is 17.7. The van der Waals surface area contributed by atoms with Gasteiger partial charge in [-0.25, -0.2) is 18.2 Å². The Morgan fingerprint density at radius 3 is 2.67 bits per heavy atom. The van der Waals surface area contributed by atoms with E-state index in [2.05, 4.69) is 15.3 Å². The first-order valence-electron chi connectivity index (χ1n) is 8.36. The van der Waals surface area contributed by atoms with Gasteiger partial charge in [0.05, 0.1) is 11.4 Å². The van der Waals surface area contributed by atoms with Gasteiger partial charge in [0.2, 0.25) is 5.91 Å². The topological polar surface area (TPSA) is 54.9 Å². The smallest absolute Gasteiger partial charge is 0.227 e. The van der Waals surface area contributed by atoms with Gasteiger partial charge in [0.15, 0.2) is 17.5 Å². The lowest BCUT2D eigenvalue weighted by atomic mass is 9.90. The molecule has 0 bridgehead atoms. The Kier molecular flexibility index (Phi) is 4.65. The van der Waals surface area contributed by atoms with Crippen molar-refractivity contribution in [1.82, 2.24) is 9.97 Å². The van der Waals surface area contributed by atoms with Crippen LogP contribution in [0.3, 0.4) is 0 Å². The van der Waals surface area contributed by atoms with Crippen molar-refractivity contribution in [1.29, 1.82) is 0 Å². The van der Waals surface area contributed by atoms with Crippen molar-refractivity contribution < 1.29 is 18.0 Å². The summed E-state index contributed by atoms with van der Waals surface area (Å²) in [7, 11) is 0. The molecule has 3 aromatic rings. The van der Waals surface area contributed by atoms with E-state index in [1.807, 2.05) is 12.1 Å². The maximum Gasteiger partial charge on any atom is 0.227 e. The highest BCUT2D eigenvalue weighted by molar-refractivity contribution is 7.15. The highest BCUT2D eigenvalue weighted by atomic mass is 32.1. The number of halogens is 3. The molecule has 2 aromatic heterocycles. The van der Waals surface area contributed by atoms with Gasteiger partial charge in [-0.3, -0.25) is 9.78 Å². The number of pyridine rings is 1. The van der Waals surface area contributed by atoms with Gasteiger partial charge in [-0.2, -0.15) is 0 Å². The lowest BCUT2D eigenvalue weighted by Crippen LogP contribution is -2.28. The van der Waals surface area contributed by atoms with E-state index < -0.39 is 23.4 Å². The van der Waals surface area contributed by atoms with Crippen LogP contribution in [0.1, 0.15) is 17.0 Å². The van der Waals surface area contributed by atoms with Crippen LogP contribution in [0.4, 0.5) is 18.9 Å². The number of anilines is 1. The minimum Gasteiger partial charge on any atom is -0.323 e. The SMILES string of the molecule is O=C(Nc1ccc(F)c(F)c1F)C1CCc2nc(-c3ccncc3)sc2C1. The Morgan fingerprint density at radius 1 is 1.11 bits per heavy atom. The molecule has 138 valence electrons. The van der Waals surface area contributed by atoms with E-state index in [4.69, 9.17) is 0 Å². The predicted octanol–water partition coefficient (Wildman–Crippen LogP) is 4.37. The molecule has 0 radical (unpaired) electrons. The summed E-state index contributed by atoms with van der Waals surface area (Å²) < 4.78 is 40.1. The Hall–Kier alpha value is -2.74. The number of aryl methyl sites for hydroxylation is 1. The van der Waals surface area contributed by atoms with Crippen LogP contribution in [0.15, 0.2) is 36.7 Å². The molecule has 1 amide bonds. The van der Waals surface area contributed by atoms with Gasteiger partial charge < -0.3 is 5.32 Å². The molecule has 0 spiro atoms. The van der Waals surface area contributed by atoms with Crippen molar-refractivity contribution >= 4 is 22.9 Å². The van der Waals surface area contributed by atoms with Gasteiger partial charge in [0, 0.05) is 28.8 Å². The third-order valence-electron chi connectivity index (χ3n) is 4.53. The second kappa shape index (κ2) is 7.11. The summed E-state index contributed by atoms with van der Waals surface area (Å²) in [5, 5.41) is 3.24. The standard InChI is InChI=1S/C19H14F3N3OS/c20-12-2-4-14(17(22)16(12)21)24-18(26)11-1-3-13-15(9-11)27-19(25-13)10-5-7-23-8-6-10/h2,4-8,11H,1,3,9H2,(H,24,26). The van der Waals surface area contributed by atoms with Crippen LogP contribution in [0.25, 0.3) is 10.6 Å². The Bertz CT molecular complexity index is 1010. The number of amides is 1. The van der Waals surface area contributed by atoms with Gasteiger partial charge in [-0.1, -0.05) is 0 Å². The summed E-state index contributed by atoms with van der Waals surface area (Å²) in [5.74, 6) is -5.07. The number of nitrogens with zero attached hydrogens (tertiary/aromatic N) is 2. The summed E-state index contributed by atoms with van der Waals surface area (Å²) in [6.07, 6.45) is 5.07. The van der Waals surface area contributed by atoms with E-state index >= 15 is 0 Å². The number of nitrogens with one attached hydrogen (secondary N) is 1. The zero-order valence-corrected chi connectivity index (χ0v) is 14.8. The van der Waals surface area contributed by atoms with E-state index in [0.29, 0.717) is 19.3 Å². The van der Waals surface area contributed by atoms with Crippen molar-refractivity contribution in [3.63, 3.8) is 0 Å². The first-order chi connectivity index (χ1) is 13.0. The average Bonchev–Trinajstić information content (AvgIpc) is 3.12. The van der Waals surface area contributed by atoms with E-state index in [-0.39, 0.29) is 11.6 Å². The van der Waals surface area contributed by atoms with Gasteiger partial charge in [0.25, 0.3) is 0 Å². The maximum absolute atomic E-state index is 13.8. The summed E-state index contributed by atoms with van der Waals surface area (Å²) in [6, 6.07) is 5.56. The van der Waals surface area contributed by atoms with Crippen molar-refractivity contribution in [2.24, 2.45) is 5.92 Å². The summed E-state index contributed by atoms with van der Waals surface area (Å²) in [5.41, 5.74) is 1.58. The zero-order valence-electron chi connectivity index (χ0n) is 14.0. The van der Waals surface area contributed by atoms with E-state index in [9.17, 15) is 18.0 Å². The number of fused-ring (bicyclic) bond motifs is 1. The second-order valence-electron chi connectivity index (χ2n) is 6.28. The average molecular weight is 389 g/mol. The zero-order chi connectivity index (χ0) is 19.0. The Balaban J connectivity index is 1.50. The first-order valence-corrected chi connectivity index (χ1v) is 9.18. The Morgan fingerprint density at radius 2 is 1.89 bits per heavy atom. The van der Waals surface area contributed by atoms with E-state index in [1.165, 1.54) is 11.3 Å². The molecule has 0 saturated carbocycles. The molecular weight excluding hydrogens is 375 g/mol. The number of benzene rings is 1. The molecule has 4 nitrogen and oxygen atoms in total. The number of carbonyl (C=O) groups is 1. The molecule has 1 unspecified atom stereocenters. The van der Waals surface area contributed by atoms with Crippen molar-refractivity contribution in [2.75, 3.05) is 5.32 Å². The minimum atomic E-state index is -1.59. The van der Waals surface area contributed by atoms with Gasteiger partial charge in [-0.15, -0.1) is 11.3 Å². The van der Waals surface area contributed by atoms with Crippen LogP contribution in [-0.4, -0.2) is 15.9 Å². The van der Waals surface area contributed by atoms with Crippen LogP contribution >= 0.6 is 11.3 Å². The van der Waals surface area contributed by atoms with Crippen molar-refractivity contribution in [3.05, 3.63) is 64.7 Å². The van der Waals surface area contributed by atoms with Crippen LogP contribution in [0.5, 0.6) is 0 Å². The molecule has 0 aliphatic heterocycles. The molecule has 1 aliphatic carbocycles. The van der Waals surface area contributed by atoms with Crippen LogP contribution < -0.4 is 5.32 Å². The number of hydrogen-bond donors (Lipinski definition) is 1. The number of hydrogen-bond acceptors (Lipinski definition) is 4. The van der Waals surface area contributed by atoms with Crippen molar-refractivity contribution in [3.8, 4) is 10.6 Å². The van der Waals surface area contributed by atoms with Gasteiger partial charge in [-0.05, 0) is 43.5 Å². The third kappa shape index (κ3) is 3.44. The molecule has 1 aromatic carbocycles. The lowest BCUT2D eigenvalue weighted by Gasteiger charge is -2.20. The Labute approximate surface area is 157 Å². The highest BCUT2D eigenvalue weighted by Crippen LogP contribution is 2.35. The molecule has 4 rings (SSSR count). The van der Waals surface area contributed by atoms with E-state index in [1.54, 1.807) is 12.4 Å². The quantitative estimate of drug-likeness (QED) is 0.677. The van der Waals surface area contributed by atoms with E-state index in [0.717, 1.165) is 33.3 Å². The highest BCUT2D eigenvalue weighted by Gasteiger charge is 2.28. The van der Waals surface area contributed by atoms with Crippen LogP contribution in [-0.2, 0) is 17.6 Å². The molecule has 1 atom stereocenters. The molecule has 1 aliphatic rings. The van der Waals surface area contributed by atoms with Gasteiger partial charge >= 0.3 is 0 Å². The molecule has 1 N–H and O–H groups in total. The molecular formula is C19H14F3N3OS. The fraction of sp³-hybridized carbons (Fsp3) is 0.211. The fourth-order valence-corrected chi connectivity index (χ4v) is 4.27. The molecule has 2 heterocycles. The summed E-state index contributed by atoms with van der Waals surface area (Å²) >= 11 is 1.52. The monoisotopic (exact) mass is 389 g/mol. The largest absolute Gasteiger partial charge is 0.323 e. The van der Waals surface area contributed by atoms with Crippen LogP contribution in [0.2, 0.25) is 0 Å². The fourth-order valence-electron chi connectivity index (χ4n) is 3.07. The summed E-state index contributed by atoms with van der Waals surface area (Å²) in [4.78, 5) is 22.1. The number of carbonyl (C=O) groups excluding carboxylic acids is 1. The number of thiazole rings is 1. The third-order valence-corrected chi connectivity index (χ3v) is 5.70. The number of rotatable bonds is 3. The normalized spacial score (nSPS) is 16.0. The predicted molar refractivity (Wildman–Crippen MR) is 95.8 cm³/mol. The molecule has 0 saturated heterocycles. The summed E-state index contributed by atoms with van der Waals surface area (Å²) in [6.45, 7) is 0. The van der Waals surface area contributed by atoms with Crippen LogP contribution in [0, 0.1) is 23.4 Å². The second-order valence-corrected chi connectivity index (χ2v) is 7.36. The van der Waals surface area contributed by atoms with Gasteiger partial charge in [0.1, 0.15) is 5.01 Å². The number of aromatic nitrogens is 2. The molecule has 8 heteroatoms. The van der Waals surface area contributed by atoms with Crippen molar-refractivity contribution in [2.45, 2.75) is 19.3 Å².